The van der Waals surface area contributed by atoms with E-state index < -0.39 is 17.5 Å². The van der Waals surface area contributed by atoms with Gasteiger partial charge < -0.3 is 9.32 Å². The highest BCUT2D eigenvalue weighted by Crippen LogP contribution is 2.29. The van der Waals surface area contributed by atoms with Crippen molar-refractivity contribution < 1.29 is 23.3 Å². The van der Waals surface area contributed by atoms with E-state index in [1.807, 2.05) is 38.2 Å². The van der Waals surface area contributed by atoms with Crippen molar-refractivity contribution in [2.24, 2.45) is 0 Å². The van der Waals surface area contributed by atoms with Crippen molar-refractivity contribution >= 4 is 28.3 Å². The number of anilines is 1. The molecule has 1 amide bonds. The number of benzene rings is 2. The minimum atomic E-state index is -0.652. The van der Waals surface area contributed by atoms with Crippen LogP contribution in [-0.2, 0) is 17.8 Å². The number of aryl methyl sites for hydroxylation is 1. The Bertz CT molecular complexity index is 1060. The van der Waals surface area contributed by atoms with Gasteiger partial charge in [-0.25, -0.2) is 4.39 Å². The normalized spacial score (nSPS) is 14.9. The topological polar surface area (TPSA) is 55.0 Å². The summed E-state index contributed by atoms with van der Waals surface area (Å²) in [6.45, 7) is 3.00. The van der Waals surface area contributed by atoms with Gasteiger partial charge >= 0.3 is 5.91 Å². The van der Waals surface area contributed by atoms with Gasteiger partial charge in [0, 0.05) is 11.8 Å². The number of para-hydroxylation sites is 1. The van der Waals surface area contributed by atoms with Crippen molar-refractivity contribution in [2.75, 3.05) is 18.6 Å². The molecule has 6 heteroatoms. The second-order valence-corrected chi connectivity index (χ2v) is 6.87. The molecule has 3 aromatic rings. The highest BCUT2D eigenvalue weighted by atomic mass is 19.1. The molecule has 0 fully saturated rings. The number of Topliss-reactive ketones (excluding diaryl/α,β-unsaturated/α-hetero) is 1. The summed E-state index contributed by atoms with van der Waals surface area (Å²) in [5.41, 5.74) is 2.57. The van der Waals surface area contributed by atoms with Crippen molar-refractivity contribution in [3.05, 3.63) is 65.2 Å². The van der Waals surface area contributed by atoms with Gasteiger partial charge in [-0.15, -0.1) is 0 Å². The van der Waals surface area contributed by atoms with E-state index in [1.54, 1.807) is 0 Å². The molecule has 27 heavy (non-hydrogen) atoms. The lowest BCUT2D eigenvalue weighted by Crippen LogP contribution is -3.09. The van der Waals surface area contributed by atoms with E-state index >= 15 is 0 Å². The number of nitrogens with one attached hydrogen (secondary N) is 1. The van der Waals surface area contributed by atoms with E-state index in [0.717, 1.165) is 39.7 Å². The zero-order valence-corrected chi connectivity index (χ0v) is 15.2. The Hall–Kier alpha value is -2.99. The first-order chi connectivity index (χ1) is 13.0. The number of carbonyl (C=O) groups excluding carboxylic acids is 2. The van der Waals surface area contributed by atoms with Gasteiger partial charge in [0.15, 0.2) is 6.67 Å². The Morgan fingerprint density at radius 3 is 2.70 bits per heavy atom. The summed E-state index contributed by atoms with van der Waals surface area (Å²) in [5.74, 6) is -0.847. The highest BCUT2D eigenvalue weighted by Gasteiger charge is 2.37. The highest BCUT2D eigenvalue weighted by molar-refractivity contribution is 6.52. The monoisotopic (exact) mass is 367 g/mol. The summed E-state index contributed by atoms with van der Waals surface area (Å²) in [6, 6.07) is 11.8. The first-order valence-electron chi connectivity index (χ1n) is 8.96. The quantitative estimate of drug-likeness (QED) is 0.705. The smallest absolute Gasteiger partial charge is 0.303 e. The molecule has 1 N–H and O–H groups in total. The molecule has 0 radical (unpaired) electrons. The number of carbonyl (C=O) groups is 2. The lowest BCUT2D eigenvalue weighted by molar-refractivity contribution is -0.892. The van der Waals surface area contributed by atoms with Gasteiger partial charge in [0.2, 0.25) is 0 Å². The third-order valence-electron chi connectivity index (χ3n) is 4.94. The van der Waals surface area contributed by atoms with Crippen LogP contribution >= 0.6 is 0 Å². The molecule has 4 rings (SSSR count). The lowest BCUT2D eigenvalue weighted by Gasteiger charge is -2.21. The second-order valence-electron chi connectivity index (χ2n) is 6.87. The van der Waals surface area contributed by atoms with Crippen LogP contribution in [0.1, 0.15) is 28.6 Å². The van der Waals surface area contributed by atoms with Gasteiger partial charge in [0.25, 0.3) is 5.78 Å². The molecule has 1 aliphatic rings. The third-order valence-corrected chi connectivity index (χ3v) is 4.94. The fraction of sp³-hybridized carbons (Fsp3) is 0.238. The Morgan fingerprint density at radius 2 is 1.93 bits per heavy atom. The van der Waals surface area contributed by atoms with E-state index in [0.29, 0.717) is 18.9 Å². The summed E-state index contributed by atoms with van der Waals surface area (Å²) >= 11 is 0. The standard InChI is InChI=1S/C21H19FN2O3/c1-3-18-16(14-6-4-5-7-19(14)27-18)11-23(2)12-24-17-9-8-13(22)10-15(17)20(25)21(24)26/h4-10H,3,11-12H2,1-2H3/p+1. The summed E-state index contributed by atoms with van der Waals surface area (Å²) in [4.78, 5) is 27.0. The van der Waals surface area contributed by atoms with Crippen LogP contribution in [0.2, 0.25) is 0 Å². The van der Waals surface area contributed by atoms with Crippen LogP contribution in [0.25, 0.3) is 11.0 Å². The molecular formula is C21H20FN2O3+. The Morgan fingerprint density at radius 1 is 1.15 bits per heavy atom. The SMILES string of the molecule is CCc1oc2ccccc2c1C[NH+](C)CN1C(=O)C(=O)c2cc(F)ccc21. The summed E-state index contributed by atoms with van der Waals surface area (Å²) in [7, 11) is 1.96. The molecule has 0 bridgehead atoms. The summed E-state index contributed by atoms with van der Waals surface area (Å²) < 4.78 is 19.4. The van der Waals surface area contributed by atoms with Crippen molar-refractivity contribution in [1.29, 1.82) is 0 Å². The van der Waals surface area contributed by atoms with Crippen LogP contribution in [0.15, 0.2) is 46.9 Å². The summed E-state index contributed by atoms with van der Waals surface area (Å²) in [5, 5.41) is 1.07. The Labute approximate surface area is 156 Å². The molecule has 138 valence electrons. The molecule has 1 atom stereocenters. The van der Waals surface area contributed by atoms with E-state index in [4.69, 9.17) is 4.42 Å². The van der Waals surface area contributed by atoms with Gasteiger partial charge in [0.1, 0.15) is 23.7 Å². The maximum Gasteiger partial charge on any atom is 0.303 e. The molecular weight excluding hydrogens is 347 g/mol. The number of furan rings is 1. The minimum absolute atomic E-state index is 0.135. The van der Waals surface area contributed by atoms with Gasteiger partial charge in [0.05, 0.1) is 23.9 Å². The van der Waals surface area contributed by atoms with E-state index in [-0.39, 0.29) is 5.56 Å². The molecule has 0 saturated carbocycles. The average molecular weight is 367 g/mol. The van der Waals surface area contributed by atoms with E-state index in [1.165, 1.54) is 17.0 Å². The molecule has 1 aromatic heterocycles. The minimum Gasteiger partial charge on any atom is -0.461 e. The maximum absolute atomic E-state index is 13.4. The zero-order chi connectivity index (χ0) is 19.1. The molecule has 0 aliphatic carbocycles. The lowest BCUT2D eigenvalue weighted by atomic mass is 10.1. The number of hydrogen-bond donors (Lipinski definition) is 1. The van der Waals surface area contributed by atoms with E-state index in [2.05, 4.69) is 0 Å². The van der Waals surface area contributed by atoms with Gasteiger partial charge in [-0.3, -0.25) is 14.5 Å². The Balaban J connectivity index is 1.60. The molecule has 1 aliphatic heterocycles. The number of rotatable bonds is 5. The number of ketones is 1. The number of fused-ring (bicyclic) bond motifs is 2. The van der Waals surface area contributed by atoms with Gasteiger partial charge in [-0.2, -0.15) is 0 Å². The largest absolute Gasteiger partial charge is 0.461 e. The van der Waals surface area contributed by atoms with Crippen LogP contribution in [0.3, 0.4) is 0 Å². The third kappa shape index (κ3) is 2.92. The second kappa shape index (κ2) is 6.63. The number of quaternary nitrogens is 1. The fourth-order valence-electron chi connectivity index (χ4n) is 3.69. The van der Waals surface area contributed by atoms with Crippen molar-refractivity contribution in [2.45, 2.75) is 19.9 Å². The van der Waals surface area contributed by atoms with Crippen LogP contribution in [0.4, 0.5) is 10.1 Å². The summed E-state index contributed by atoms with van der Waals surface area (Å²) in [6.07, 6.45) is 0.778. The van der Waals surface area contributed by atoms with Crippen molar-refractivity contribution in [1.82, 2.24) is 0 Å². The molecule has 2 aromatic carbocycles. The molecule has 2 heterocycles. The maximum atomic E-state index is 13.4. The average Bonchev–Trinajstić information content (AvgIpc) is 3.12. The molecule has 0 saturated heterocycles. The molecule has 1 unspecified atom stereocenters. The van der Waals surface area contributed by atoms with Gasteiger partial charge in [-0.1, -0.05) is 25.1 Å². The number of halogens is 1. The van der Waals surface area contributed by atoms with Crippen LogP contribution in [0.5, 0.6) is 0 Å². The van der Waals surface area contributed by atoms with E-state index in [9.17, 15) is 14.0 Å². The van der Waals surface area contributed by atoms with Crippen molar-refractivity contribution in [3.8, 4) is 0 Å². The predicted octanol–water partition coefficient (Wildman–Crippen LogP) is 2.34. The number of amides is 1. The predicted molar refractivity (Wildman–Crippen MR) is 99.3 cm³/mol. The van der Waals surface area contributed by atoms with Crippen LogP contribution in [-0.4, -0.2) is 25.4 Å². The fourth-order valence-corrected chi connectivity index (χ4v) is 3.69. The molecule has 5 nitrogen and oxygen atoms in total. The Kier molecular flexibility index (Phi) is 4.28. The van der Waals surface area contributed by atoms with Gasteiger partial charge in [-0.05, 0) is 24.3 Å². The first kappa shape index (κ1) is 17.4. The first-order valence-corrected chi connectivity index (χ1v) is 8.96. The van der Waals surface area contributed by atoms with Crippen molar-refractivity contribution in [3.63, 3.8) is 0 Å². The van der Waals surface area contributed by atoms with Crippen LogP contribution in [0, 0.1) is 5.82 Å². The number of nitrogens with zero attached hydrogens (tertiary/aromatic N) is 1. The zero-order valence-electron chi connectivity index (χ0n) is 15.2. The number of hydrogen-bond acceptors (Lipinski definition) is 3. The van der Waals surface area contributed by atoms with Crippen LogP contribution < -0.4 is 9.80 Å². The molecule has 0 spiro atoms.